The normalized spacial score (nSPS) is 13.7. The van der Waals surface area contributed by atoms with Gasteiger partial charge in [0, 0.05) is 24.7 Å². The van der Waals surface area contributed by atoms with E-state index in [1.54, 1.807) is 13.8 Å². The van der Waals surface area contributed by atoms with Gasteiger partial charge in [-0.3, -0.25) is 19.2 Å². The predicted octanol–water partition coefficient (Wildman–Crippen LogP) is -2.03. The van der Waals surface area contributed by atoms with Gasteiger partial charge in [0.2, 0.25) is 17.7 Å². The van der Waals surface area contributed by atoms with E-state index in [0.717, 1.165) is 0 Å². The summed E-state index contributed by atoms with van der Waals surface area (Å²) in [6, 6.07) is -3.69. The van der Waals surface area contributed by atoms with Crippen LogP contribution in [0.2, 0.25) is 0 Å². The molecular formula is C18H28N6O7. The first kappa shape index (κ1) is 25.6. The molecule has 1 aromatic heterocycles. The minimum absolute atomic E-state index is 0.0954. The first-order chi connectivity index (χ1) is 14.5. The fourth-order valence-corrected chi connectivity index (χ4v) is 2.65. The Labute approximate surface area is 178 Å². The molecule has 0 saturated heterocycles. The Morgan fingerprint density at radius 3 is 2.19 bits per heavy atom. The highest BCUT2D eigenvalue weighted by molar-refractivity contribution is 5.94. The van der Waals surface area contributed by atoms with E-state index < -0.39 is 54.2 Å². The van der Waals surface area contributed by atoms with Gasteiger partial charge in [-0.25, -0.2) is 9.78 Å². The maximum absolute atomic E-state index is 12.7. The fraction of sp³-hybridized carbons (Fsp3) is 0.556. The molecule has 0 aliphatic heterocycles. The summed E-state index contributed by atoms with van der Waals surface area (Å²) in [5.74, 6) is -5.04. The summed E-state index contributed by atoms with van der Waals surface area (Å²) in [6.45, 7) is 2.99. The van der Waals surface area contributed by atoms with E-state index in [4.69, 9.17) is 10.8 Å². The number of carboxylic acid groups (broad SMARTS) is 2. The number of nitrogens with zero attached hydrogens (tertiary/aromatic N) is 1. The Morgan fingerprint density at radius 2 is 1.71 bits per heavy atom. The van der Waals surface area contributed by atoms with Crippen LogP contribution in [0.3, 0.4) is 0 Å². The number of nitrogens with two attached hydrogens (primary N) is 1. The molecule has 3 unspecified atom stereocenters. The molecule has 13 nitrogen and oxygen atoms in total. The van der Waals surface area contributed by atoms with E-state index in [1.807, 2.05) is 0 Å². The summed E-state index contributed by atoms with van der Waals surface area (Å²) in [7, 11) is 0. The number of carbonyl (C=O) groups excluding carboxylic acids is 3. The van der Waals surface area contributed by atoms with Crippen LogP contribution < -0.4 is 21.7 Å². The Morgan fingerprint density at radius 1 is 1.06 bits per heavy atom. The number of hydrogen-bond acceptors (Lipinski definition) is 7. The van der Waals surface area contributed by atoms with Crippen LogP contribution in [0, 0.1) is 5.92 Å². The Balaban J connectivity index is 2.95. The standard InChI is InChI=1S/C18H28N6O7/c1-9(2)15(24-13(25)6-19)17(29)22-11(3-4-14(26)27)16(28)23-12(18(30)31)5-10-7-20-8-21-10/h7-9,11-12,15H,3-6,19H2,1-2H3,(H,20,21)(H,22,29)(H,23,28)(H,24,25)(H,26,27)(H,30,31). The van der Waals surface area contributed by atoms with Crippen LogP contribution in [0.1, 0.15) is 32.4 Å². The molecule has 0 aliphatic carbocycles. The molecule has 0 saturated carbocycles. The van der Waals surface area contributed by atoms with Crippen molar-refractivity contribution < 1.29 is 34.2 Å². The van der Waals surface area contributed by atoms with Crippen molar-refractivity contribution in [2.45, 2.75) is 51.2 Å². The molecule has 172 valence electrons. The van der Waals surface area contributed by atoms with Crippen LogP contribution in [0.5, 0.6) is 0 Å². The minimum Gasteiger partial charge on any atom is -0.481 e. The van der Waals surface area contributed by atoms with Crippen LogP contribution in [-0.4, -0.2) is 74.5 Å². The zero-order valence-electron chi connectivity index (χ0n) is 17.3. The highest BCUT2D eigenvalue weighted by Crippen LogP contribution is 2.06. The van der Waals surface area contributed by atoms with Crippen LogP contribution in [-0.2, 0) is 30.4 Å². The van der Waals surface area contributed by atoms with E-state index in [1.165, 1.54) is 12.5 Å². The van der Waals surface area contributed by atoms with E-state index in [-0.39, 0.29) is 25.3 Å². The van der Waals surface area contributed by atoms with Crippen molar-refractivity contribution in [2.24, 2.45) is 11.7 Å². The van der Waals surface area contributed by atoms with Crippen molar-refractivity contribution in [3.63, 3.8) is 0 Å². The van der Waals surface area contributed by atoms with Gasteiger partial charge in [-0.05, 0) is 12.3 Å². The molecule has 1 aromatic rings. The second-order valence-corrected chi connectivity index (χ2v) is 7.17. The third-order valence-corrected chi connectivity index (χ3v) is 4.32. The number of carboxylic acids is 2. The molecular weight excluding hydrogens is 412 g/mol. The van der Waals surface area contributed by atoms with Gasteiger partial charge < -0.3 is 36.9 Å². The number of amides is 3. The predicted molar refractivity (Wildman–Crippen MR) is 106 cm³/mol. The van der Waals surface area contributed by atoms with Crippen LogP contribution >= 0.6 is 0 Å². The van der Waals surface area contributed by atoms with Crippen molar-refractivity contribution >= 4 is 29.7 Å². The SMILES string of the molecule is CC(C)C(NC(=O)CN)C(=O)NC(CCC(=O)O)C(=O)NC(Cc1cnc[nH]1)C(=O)O. The number of hydrogen-bond donors (Lipinski definition) is 7. The fourth-order valence-electron chi connectivity index (χ4n) is 2.65. The number of aromatic amines is 1. The van der Waals surface area contributed by atoms with Gasteiger partial charge in [-0.1, -0.05) is 13.8 Å². The van der Waals surface area contributed by atoms with Gasteiger partial charge in [-0.15, -0.1) is 0 Å². The number of aromatic nitrogens is 2. The summed E-state index contributed by atoms with van der Waals surface area (Å²) >= 11 is 0. The molecule has 0 fully saturated rings. The lowest BCUT2D eigenvalue weighted by Gasteiger charge is -2.26. The number of aliphatic carboxylic acids is 2. The molecule has 0 radical (unpaired) electrons. The van der Waals surface area contributed by atoms with Crippen molar-refractivity contribution in [2.75, 3.05) is 6.54 Å². The summed E-state index contributed by atoms with van der Waals surface area (Å²) in [5.41, 5.74) is 5.72. The Bertz CT molecular complexity index is 780. The lowest BCUT2D eigenvalue weighted by molar-refractivity contribution is -0.143. The van der Waals surface area contributed by atoms with Crippen molar-refractivity contribution in [1.82, 2.24) is 25.9 Å². The zero-order chi connectivity index (χ0) is 23.6. The van der Waals surface area contributed by atoms with Crippen LogP contribution in [0.4, 0.5) is 0 Å². The van der Waals surface area contributed by atoms with E-state index in [9.17, 15) is 29.1 Å². The van der Waals surface area contributed by atoms with Crippen molar-refractivity contribution in [1.29, 1.82) is 0 Å². The monoisotopic (exact) mass is 440 g/mol. The smallest absolute Gasteiger partial charge is 0.326 e. The minimum atomic E-state index is -1.34. The molecule has 13 heteroatoms. The molecule has 0 bridgehead atoms. The van der Waals surface area contributed by atoms with Crippen molar-refractivity contribution in [3.8, 4) is 0 Å². The number of nitrogens with one attached hydrogen (secondary N) is 4. The summed E-state index contributed by atoms with van der Waals surface area (Å²) in [6.07, 6.45) is 1.94. The van der Waals surface area contributed by atoms with E-state index in [0.29, 0.717) is 5.69 Å². The molecule has 1 rings (SSSR count). The molecule has 31 heavy (non-hydrogen) atoms. The van der Waals surface area contributed by atoms with Gasteiger partial charge in [-0.2, -0.15) is 0 Å². The average Bonchev–Trinajstić information content (AvgIpc) is 3.20. The third-order valence-electron chi connectivity index (χ3n) is 4.32. The van der Waals surface area contributed by atoms with Gasteiger partial charge in [0.15, 0.2) is 0 Å². The van der Waals surface area contributed by atoms with E-state index in [2.05, 4.69) is 25.9 Å². The molecule has 0 spiro atoms. The topological polar surface area (TPSA) is 217 Å². The molecule has 3 atom stereocenters. The lowest BCUT2D eigenvalue weighted by Crippen LogP contribution is -2.57. The lowest BCUT2D eigenvalue weighted by atomic mass is 10.0. The van der Waals surface area contributed by atoms with Gasteiger partial charge in [0.05, 0.1) is 12.9 Å². The highest BCUT2D eigenvalue weighted by atomic mass is 16.4. The van der Waals surface area contributed by atoms with E-state index >= 15 is 0 Å². The molecule has 0 aromatic carbocycles. The largest absolute Gasteiger partial charge is 0.481 e. The summed E-state index contributed by atoms with van der Waals surface area (Å²) in [4.78, 5) is 65.9. The summed E-state index contributed by atoms with van der Waals surface area (Å²) in [5, 5.41) is 25.5. The van der Waals surface area contributed by atoms with Gasteiger partial charge in [0.1, 0.15) is 18.1 Å². The zero-order valence-corrected chi connectivity index (χ0v) is 17.3. The Hall–Kier alpha value is -3.48. The van der Waals surface area contributed by atoms with Crippen molar-refractivity contribution in [3.05, 3.63) is 18.2 Å². The quantitative estimate of drug-likeness (QED) is 0.180. The molecule has 8 N–H and O–H groups in total. The molecule has 3 amide bonds. The van der Waals surface area contributed by atoms with Crippen LogP contribution in [0.15, 0.2) is 12.5 Å². The maximum atomic E-state index is 12.7. The van der Waals surface area contributed by atoms with Crippen LogP contribution in [0.25, 0.3) is 0 Å². The number of H-pyrrole nitrogens is 1. The molecule has 0 aliphatic rings. The maximum Gasteiger partial charge on any atom is 0.326 e. The third kappa shape index (κ3) is 8.82. The second kappa shape index (κ2) is 12.3. The first-order valence-corrected chi connectivity index (χ1v) is 9.57. The second-order valence-electron chi connectivity index (χ2n) is 7.17. The summed E-state index contributed by atoms with van der Waals surface area (Å²) < 4.78 is 0. The van der Waals surface area contributed by atoms with Gasteiger partial charge >= 0.3 is 11.9 Å². The Kier molecular flexibility index (Phi) is 10.1. The first-order valence-electron chi connectivity index (χ1n) is 9.57. The average molecular weight is 440 g/mol. The number of carbonyl (C=O) groups is 5. The highest BCUT2D eigenvalue weighted by Gasteiger charge is 2.31. The molecule has 1 heterocycles. The number of imidazole rings is 1. The number of rotatable bonds is 13. The van der Waals surface area contributed by atoms with Gasteiger partial charge in [0.25, 0.3) is 0 Å².